The number of hydrogen-bond donors (Lipinski definition) is 5. The summed E-state index contributed by atoms with van der Waals surface area (Å²) in [6.45, 7) is 3.08. The van der Waals surface area contributed by atoms with E-state index in [1.165, 1.54) is 19.1 Å². The van der Waals surface area contributed by atoms with E-state index in [0.29, 0.717) is 12.1 Å². The Morgan fingerprint density at radius 1 is 0.889 bits per heavy atom. The molecular weight excluding hydrogens is 461 g/mol. The number of aliphatic hydroxyl groups excluding tert-OH is 1. The summed E-state index contributed by atoms with van der Waals surface area (Å²) in [6.07, 6.45) is 0.921. The van der Waals surface area contributed by atoms with Crippen LogP contribution in [0.15, 0.2) is 90.6 Å². The van der Waals surface area contributed by atoms with E-state index < -0.39 is 30.2 Å². The van der Waals surface area contributed by atoms with E-state index in [4.69, 9.17) is 0 Å². The summed E-state index contributed by atoms with van der Waals surface area (Å²) < 4.78 is 13.2. The van der Waals surface area contributed by atoms with Gasteiger partial charge in [-0.1, -0.05) is 60.7 Å². The van der Waals surface area contributed by atoms with Crippen molar-refractivity contribution in [1.82, 2.24) is 10.6 Å². The van der Waals surface area contributed by atoms with Crippen LogP contribution in [0.2, 0.25) is 0 Å². The zero-order chi connectivity index (χ0) is 26.1. The van der Waals surface area contributed by atoms with Gasteiger partial charge in [-0.2, -0.15) is 0 Å². The SMILES string of the molecule is C[C@H](NC(=O)/C(=C\Cc1ccc(-c2ccc(F)cc2)cc1)N[C@H](C)C(=O)O)C(O)Nc1ccccc1. The Morgan fingerprint density at radius 2 is 1.47 bits per heavy atom. The number of allylic oxidation sites excluding steroid dienone is 1. The highest BCUT2D eigenvalue weighted by Gasteiger charge is 2.21. The van der Waals surface area contributed by atoms with E-state index in [0.717, 1.165) is 16.7 Å². The van der Waals surface area contributed by atoms with Gasteiger partial charge in [0.2, 0.25) is 0 Å². The molecule has 7 nitrogen and oxygen atoms in total. The third-order valence-corrected chi connectivity index (χ3v) is 5.58. The lowest BCUT2D eigenvalue weighted by Crippen LogP contribution is -2.48. The molecule has 3 atom stereocenters. The smallest absolute Gasteiger partial charge is 0.325 e. The van der Waals surface area contributed by atoms with Gasteiger partial charge in [-0.05, 0) is 61.2 Å². The normalized spacial score (nSPS) is 13.8. The molecule has 0 fully saturated rings. The maximum Gasteiger partial charge on any atom is 0.325 e. The summed E-state index contributed by atoms with van der Waals surface area (Å²) in [5.74, 6) is -1.93. The third-order valence-electron chi connectivity index (χ3n) is 5.58. The number of nitrogens with one attached hydrogen (secondary N) is 3. The third kappa shape index (κ3) is 7.68. The van der Waals surface area contributed by atoms with E-state index in [-0.39, 0.29) is 11.5 Å². The molecule has 0 aliphatic heterocycles. The number of carboxylic acids is 1. The van der Waals surface area contributed by atoms with Gasteiger partial charge in [-0.3, -0.25) is 9.59 Å². The Morgan fingerprint density at radius 3 is 2.06 bits per heavy atom. The van der Waals surface area contributed by atoms with E-state index in [1.807, 2.05) is 42.5 Å². The fraction of sp³-hybridized carbons (Fsp3) is 0.214. The van der Waals surface area contributed by atoms with Crippen molar-refractivity contribution in [2.45, 2.75) is 38.6 Å². The predicted octanol–water partition coefficient (Wildman–Crippen LogP) is 3.92. The number of aliphatic hydroxyl groups is 1. The van der Waals surface area contributed by atoms with Crippen LogP contribution in [0.1, 0.15) is 19.4 Å². The number of carbonyl (C=O) groups is 2. The number of carbonyl (C=O) groups excluding carboxylic acids is 1. The van der Waals surface area contributed by atoms with Gasteiger partial charge >= 0.3 is 5.97 Å². The molecule has 36 heavy (non-hydrogen) atoms. The first kappa shape index (κ1) is 26.4. The summed E-state index contributed by atoms with van der Waals surface area (Å²) in [6, 6.07) is 21.2. The zero-order valence-corrected chi connectivity index (χ0v) is 20.1. The predicted molar refractivity (Wildman–Crippen MR) is 138 cm³/mol. The molecular formula is C28H30FN3O4. The van der Waals surface area contributed by atoms with Gasteiger partial charge in [0.1, 0.15) is 18.1 Å². The standard InChI is InChI=1S/C28H30FN3O4/c1-18(26(33)32-24-6-4-3-5-7-24)31-27(34)25(30-19(2)28(35)36)17-10-20-8-11-21(12-9-20)22-13-15-23(29)16-14-22/h3-9,11-19,26,30,32-33H,10H2,1-2H3,(H,31,34)(H,35,36)/b25-17+/t18-,19+,26?/m0/s1. The Kier molecular flexibility index (Phi) is 9.19. The van der Waals surface area contributed by atoms with E-state index in [9.17, 15) is 24.2 Å². The number of halogens is 1. The van der Waals surface area contributed by atoms with Gasteiger partial charge in [0.05, 0.1) is 11.7 Å². The first-order valence-corrected chi connectivity index (χ1v) is 11.6. The van der Waals surface area contributed by atoms with Crippen molar-refractivity contribution >= 4 is 17.6 Å². The fourth-order valence-corrected chi connectivity index (χ4v) is 3.40. The number of aliphatic carboxylic acids is 1. The molecule has 0 aliphatic carbocycles. The number of para-hydroxylation sites is 1. The molecule has 0 aliphatic rings. The quantitative estimate of drug-likeness (QED) is 0.205. The first-order chi connectivity index (χ1) is 17.2. The van der Waals surface area contributed by atoms with Crippen LogP contribution in [-0.4, -0.2) is 40.4 Å². The van der Waals surface area contributed by atoms with Crippen molar-refractivity contribution in [2.24, 2.45) is 0 Å². The minimum atomic E-state index is -1.10. The Labute approximate surface area is 209 Å². The highest BCUT2D eigenvalue weighted by molar-refractivity contribution is 5.94. The Bertz CT molecular complexity index is 1180. The number of carboxylic acid groups (broad SMARTS) is 1. The highest BCUT2D eigenvalue weighted by atomic mass is 19.1. The van der Waals surface area contributed by atoms with Gasteiger partial charge in [-0.25, -0.2) is 4.39 Å². The van der Waals surface area contributed by atoms with Gasteiger partial charge in [0, 0.05) is 5.69 Å². The summed E-state index contributed by atoms with van der Waals surface area (Å²) in [4.78, 5) is 24.3. The molecule has 0 saturated carbocycles. The fourth-order valence-electron chi connectivity index (χ4n) is 3.40. The second-order valence-electron chi connectivity index (χ2n) is 8.45. The van der Waals surface area contributed by atoms with Crippen LogP contribution in [0.25, 0.3) is 11.1 Å². The summed E-state index contributed by atoms with van der Waals surface area (Å²) in [7, 11) is 0. The largest absolute Gasteiger partial charge is 0.480 e. The molecule has 1 unspecified atom stereocenters. The van der Waals surface area contributed by atoms with Crippen LogP contribution in [0.4, 0.5) is 10.1 Å². The molecule has 0 saturated heterocycles. The highest BCUT2D eigenvalue weighted by Crippen LogP contribution is 2.20. The molecule has 0 bridgehead atoms. The van der Waals surface area contributed by atoms with Crippen molar-refractivity contribution in [3.63, 3.8) is 0 Å². The maximum absolute atomic E-state index is 13.2. The molecule has 0 radical (unpaired) electrons. The molecule has 0 heterocycles. The van der Waals surface area contributed by atoms with Gasteiger partial charge < -0.3 is 26.2 Å². The minimum Gasteiger partial charge on any atom is -0.480 e. The average Bonchev–Trinajstić information content (AvgIpc) is 2.87. The molecule has 3 aromatic rings. The summed E-state index contributed by atoms with van der Waals surface area (Å²) >= 11 is 0. The molecule has 1 amide bonds. The number of amides is 1. The van der Waals surface area contributed by atoms with E-state index >= 15 is 0 Å². The van der Waals surface area contributed by atoms with Crippen molar-refractivity contribution in [3.8, 4) is 11.1 Å². The molecule has 0 spiro atoms. The number of hydrogen-bond acceptors (Lipinski definition) is 5. The van der Waals surface area contributed by atoms with Crippen LogP contribution >= 0.6 is 0 Å². The summed E-state index contributed by atoms with van der Waals surface area (Å²) in [5.41, 5.74) is 3.49. The Balaban J connectivity index is 1.69. The second-order valence-corrected chi connectivity index (χ2v) is 8.45. The van der Waals surface area contributed by atoms with Crippen LogP contribution in [0, 0.1) is 5.82 Å². The Hall–Kier alpha value is -4.17. The lowest BCUT2D eigenvalue weighted by atomic mass is 10.0. The average molecular weight is 492 g/mol. The summed E-state index contributed by atoms with van der Waals surface area (Å²) in [5, 5.41) is 28.1. The first-order valence-electron chi connectivity index (χ1n) is 11.6. The zero-order valence-electron chi connectivity index (χ0n) is 20.1. The lowest BCUT2D eigenvalue weighted by molar-refractivity contribution is -0.138. The van der Waals surface area contributed by atoms with Crippen LogP contribution in [0.5, 0.6) is 0 Å². The van der Waals surface area contributed by atoms with Gasteiger partial charge in [0.25, 0.3) is 5.91 Å². The van der Waals surface area contributed by atoms with Crippen molar-refractivity contribution < 1.29 is 24.2 Å². The number of rotatable bonds is 11. The van der Waals surface area contributed by atoms with Gasteiger partial charge in [0.15, 0.2) is 0 Å². The maximum atomic E-state index is 13.2. The molecule has 188 valence electrons. The number of anilines is 1. The van der Waals surface area contributed by atoms with Gasteiger partial charge in [-0.15, -0.1) is 0 Å². The molecule has 3 rings (SSSR count). The minimum absolute atomic E-state index is 0.0891. The molecule has 5 N–H and O–H groups in total. The topological polar surface area (TPSA) is 111 Å². The van der Waals surface area contributed by atoms with E-state index in [2.05, 4.69) is 16.0 Å². The van der Waals surface area contributed by atoms with E-state index in [1.54, 1.807) is 37.3 Å². The number of benzene rings is 3. The molecule has 0 aromatic heterocycles. The van der Waals surface area contributed by atoms with Crippen LogP contribution < -0.4 is 16.0 Å². The second kappa shape index (κ2) is 12.5. The lowest BCUT2D eigenvalue weighted by Gasteiger charge is -2.23. The monoisotopic (exact) mass is 491 g/mol. The van der Waals surface area contributed by atoms with Crippen molar-refractivity contribution in [3.05, 3.63) is 102 Å². The van der Waals surface area contributed by atoms with Crippen LogP contribution in [-0.2, 0) is 16.0 Å². The van der Waals surface area contributed by atoms with Crippen molar-refractivity contribution in [1.29, 1.82) is 0 Å². The van der Waals surface area contributed by atoms with Crippen molar-refractivity contribution in [2.75, 3.05) is 5.32 Å². The molecule has 8 heteroatoms. The van der Waals surface area contributed by atoms with Crippen LogP contribution in [0.3, 0.4) is 0 Å². The molecule has 3 aromatic carbocycles.